The number of hydrogen-bond acceptors (Lipinski definition) is 5. The van der Waals surface area contributed by atoms with E-state index in [4.69, 9.17) is 4.74 Å². The molecule has 1 saturated carbocycles. The average Bonchev–Trinajstić information content (AvgIpc) is 2.95. The molecule has 1 amide bonds. The number of hydrogen-bond donors (Lipinski definition) is 2. The van der Waals surface area contributed by atoms with Gasteiger partial charge in [-0.05, 0) is 37.7 Å². The van der Waals surface area contributed by atoms with Gasteiger partial charge in [-0.3, -0.25) is 14.9 Å². The summed E-state index contributed by atoms with van der Waals surface area (Å²) >= 11 is 0. The van der Waals surface area contributed by atoms with Gasteiger partial charge < -0.3 is 15.2 Å². The van der Waals surface area contributed by atoms with Crippen LogP contribution in [0.1, 0.15) is 32.1 Å². The molecule has 0 bridgehead atoms. The highest BCUT2D eigenvalue weighted by Gasteiger charge is 2.24. The van der Waals surface area contributed by atoms with Crippen molar-refractivity contribution in [3.05, 3.63) is 34.4 Å². The Hall–Kier alpha value is -2.15. The third kappa shape index (κ3) is 5.52. The van der Waals surface area contributed by atoms with E-state index in [2.05, 4.69) is 5.32 Å². The highest BCUT2D eigenvalue weighted by molar-refractivity contribution is 5.77. The molecule has 126 valence electrons. The zero-order chi connectivity index (χ0) is 16.7. The SMILES string of the molecule is O=C(COc1cccc([N+](=O)[O-])c1)NCCC[C@H]1CCC[C@H]1O. The van der Waals surface area contributed by atoms with Crippen LogP contribution in [0.5, 0.6) is 5.75 Å². The number of aliphatic hydroxyl groups is 1. The molecule has 0 saturated heterocycles. The molecule has 7 nitrogen and oxygen atoms in total. The fourth-order valence-corrected chi connectivity index (χ4v) is 2.83. The summed E-state index contributed by atoms with van der Waals surface area (Å²) in [6.45, 7) is 0.369. The number of nitrogens with one attached hydrogen (secondary N) is 1. The number of nitro groups is 1. The normalized spacial score (nSPS) is 20.2. The van der Waals surface area contributed by atoms with Crippen molar-refractivity contribution >= 4 is 11.6 Å². The minimum absolute atomic E-state index is 0.0713. The summed E-state index contributed by atoms with van der Waals surface area (Å²) < 4.78 is 5.25. The Morgan fingerprint density at radius 1 is 1.43 bits per heavy atom. The average molecular weight is 322 g/mol. The highest BCUT2D eigenvalue weighted by Crippen LogP contribution is 2.28. The molecule has 0 unspecified atom stereocenters. The molecular weight excluding hydrogens is 300 g/mol. The van der Waals surface area contributed by atoms with Crippen LogP contribution >= 0.6 is 0 Å². The molecule has 2 atom stereocenters. The van der Waals surface area contributed by atoms with Crippen molar-refractivity contribution in [3.8, 4) is 5.75 Å². The first-order valence-electron chi connectivity index (χ1n) is 7.88. The third-order valence-electron chi connectivity index (χ3n) is 4.09. The number of nitro benzene ring substituents is 1. The van der Waals surface area contributed by atoms with E-state index in [0.717, 1.165) is 32.1 Å². The lowest BCUT2D eigenvalue weighted by Gasteiger charge is -2.14. The second-order valence-corrected chi connectivity index (χ2v) is 5.79. The predicted octanol–water partition coefficient (Wildman–Crippen LogP) is 2.03. The molecule has 0 aromatic heterocycles. The van der Waals surface area contributed by atoms with E-state index in [1.54, 1.807) is 6.07 Å². The second-order valence-electron chi connectivity index (χ2n) is 5.79. The predicted molar refractivity (Wildman–Crippen MR) is 84.2 cm³/mol. The molecule has 1 aromatic rings. The third-order valence-corrected chi connectivity index (χ3v) is 4.09. The monoisotopic (exact) mass is 322 g/mol. The molecule has 1 aliphatic carbocycles. The maximum Gasteiger partial charge on any atom is 0.273 e. The van der Waals surface area contributed by atoms with Crippen molar-refractivity contribution in [2.24, 2.45) is 5.92 Å². The molecule has 1 fully saturated rings. The zero-order valence-electron chi connectivity index (χ0n) is 12.9. The van der Waals surface area contributed by atoms with Gasteiger partial charge >= 0.3 is 0 Å². The summed E-state index contributed by atoms with van der Waals surface area (Å²) in [5.41, 5.74) is -0.0713. The van der Waals surface area contributed by atoms with Crippen LogP contribution in [0, 0.1) is 16.0 Å². The Bertz CT molecular complexity index is 549. The number of carbonyl (C=O) groups excluding carboxylic acids is 1. The Morgan fingerprint density at radius 3 is 2.96 bits per heavy atom. The molecule has 23 heavy (non-hydrogen) atoms. The number of aliphatic hydroxyl groups excluding tert-OH is 1. The fraction of sp³-hybridized carbons (Fsp3) is 0.562. The van der Waals surface area contributed by atoms with Crippen LogP contribution in [0.3, 0.4) is 0 Å². The molecule has 0 aliphatic heterocycles. The summed E-state index contributed by atoms with van der Waals surface area (Å²) in [4.78, 5) is 21.8. The van der Waals surface area contributed by atoms with Crippen LogP contribution in [0.15, 0.2) is 24.3 Å². The van der Waals surface area contributed by atoms with Crippen LogP contribution < -0.4 is 10.1 Å². The van der Waals surface area contributed by atoms with Crippen LogP contribution in [0.25, 0.3) is 0 Å². The van der Waals surface area contributed by atoms with Gasteiger partial charge in [0.1, 0.15) is 5.75 Å². The number of amides is 1. The molecule has 2 rings (SSSR count). The minimum Gasteiger partial charge on any atom is -0.484 e. The maximum absolute atomic E-state index is 11.7. The number of rotatable bonds is 8. The van der Waals surface area contributed by atoms with E-state index >= 15 is 0 Å². The Kier molecular flexibility index (Phi) is 6.34. The summed E-state index contributed by atoms with van der Waals surface area (Å²) in [6.07, 6.45) is 4.56. The fourth-order valence-electron chi connectivity index (χ4n) is 2.83. The van der Waals surface area contributed by atoms with E-state index in [0.29, 0.717) is 18.2 Å². The molecule has 7 heteroatoms. The lowest BCUT2D eigenvalue weighted by molar-refractivity contribution is -0.384. The van der Waals surface area contributed by atoms with Crippen molar-refractivity contribution in [3.63, 3.8) is 0 Å². The van der Waals surface area contributed by atoms with E-state index in [-0.39, 0.29) is 24.3 Å². The van der Waals surface area contributed by atoms with Gasteiger partial charge in [0.2, 0.25) is 0 Å². The smallest absolute Gasteiger partial charge is 0.273 e. The second kappa shape index (κ2) is 8.47. The molecule has 0 radical (unpaired) electrons. The van der Waals surface area contributed by atoms with Crippen LogP contribution in [0.4, 0.5) is 5.69 Å². The van der Waals surface area contributed by atoms with E-state index in [1.165, 1.54) is 18.2 Å². The first kappa shape index (κ1) is 17.2. The van der Waals surface area contributed by atoms with Gasteiger partial charge in [0.05, 0.1) is 17.1 Å². The molecule has 0 heterocycles. The number of ether oxygens (including phenoxy) is 1. The van der Waals surface area contributed by atoms with Gasteiger partial charge in [0, 0.05) is 12.6 Å². The van der Waals surface area contributed by atoms with Crippen molar-refractivity contribution < 1.29 is 19.6 Å². The van der Waals surface area contributed by atoms with Crippen molar-refractivity contribution in [2.75, 3.05) is 13.2 Å². The lowest BCUT2D eigenvalue weighted by Crippen LogP contribution is -2.30. The molecule has 1 aromatic carbocycles. The maximum atomic E-state index is 11.7. The van der Waals surface area contributed by atoms with Crippen molar-refractivity contribution in [1.29, 1.82) is 0 Å². The van der Waals surface area contributed by atoms with E-state index in [1.807, 2.05) is 0 Å². The Balaban J connectivity index is 1.63. The summed E-state index contributed by atoms with van der Waals surface area (Å²) in [5.74, 6) is 0.389. The van der Waals surface area contributed by atoms with E-state index < -0.39 is 4.92 Å². The number of carbonyl (C=O) groups is 1. The van der Waals surface area contributed by atoms with Gasteiger partial charge in [-0.2, -0.15) is 0 Å². The van der Waals surface area contributed by atoms with Gasteiger partial charge in [-0.1, -0.05) is 12.5 Å². The van der Waals surface area contributed by atoms with Crippen LogP contribution in [0.2, 0.25) is 0 Å². The Labute approximate surface area is 134 Å². The first-order valence-corrected chi connectivity index (χ1v) is 7.88. The topological polar surface area (TPSA) is 102 Å². The number of nitrogens with zero attached hydrogens (tertiary/aromatic N) is 1. The number of non-ortho nitro benzene ring substituents is 1. The lowest BCUT2D eigenvalue weighted by atomic mass is 10.00. The van der Waals surface area contributed by atoms with Gasteiger partial charge in [0.25, 0.3) is 11.6 Å². The van der Waals surface area contributed by atoms with Crippen LogP contribution in [-0.4, -0.2) is 35.2 Å². The minimum atomic E-state index is -0.510. The number of benzene rings is 1. The van der Waals surface area contributed by atoms with Gasteiger partial charge in [-0.25, -0.2) is 0 Å². The largest absolute Gasteiger partial charge is 0.484 e. The first-order chi connectivity index (χ1) is 11.1. The molecule has 2 N–H and O–H groups in total. The summed E-state index contributed by atoms with van der Waals surface area (Å²) in [7, 11) is 0. The molecule has 1 aliphatic rings. The summed E-state index contributed by atoms with van der Waals surface area (Å²) in [5, 5.41) is 23.1. The van der Waals surface area contributed by atoms with Gasteiger partial charge in [-0.15, -0.1) is 0 Å². The molecular formula is C16H22N2O5. The van der Waals surface area contributed by atoms with Crippen LogP contribution in [-0.2, 0) is 4.79 Å². The molecule has 0 spiro atoms. The summed E-state index contributed by atoms with van der Waals surface area (Å²) in [6, 6.07) is 5.74. The standard InChI is InChI=1S/C16H22N2O5/c19-15-8-1-4-12(15)5-3-9-17-16(20)11-23-14-7-2-6-13(10-14)18(21)22/h2,6-7,10,12,15,19H,1,3-5,8-9,11H2,(H,17,20)/t12-,15-/m1/s1. The van der Waals surface area contributed by atoms with Crippen molar-refractivity contribution in [2.45, 2.75) is 38.2 Å². The van der Waals surface area contributed by atoms with Gasteiger partial charge in [0.15, 0.2) is 6.61 Å². The zero-order valence-corrected chi connectivity index (χ0v) is 12.9. The van der Waals surface area contributed by atoms with E-state index in [9.17, 15) is 20.0 Å². The van der Waals surface area contributed by atoms with Crippen molar-refractivity contribution in [1.82, 2.24) is 5.32 Å². The Morgan fingerprint density at radius 2 is 2.26 bits per heavy atom. The quantitative estimate of drug-likeness (QED) is 0.433. The highest BCUT2D eigenvalue weighted by atomic mass is 16.6.